The molecule has 3 heterocycles. The second-order valence-corrected chi connectivity index (χ2v) is 7.53. The van der Waals surface area contributed by atoms with Crippen LogP contribution in [0, 0.1) is 13.8 Å². The Bertz CT molecular complexity index is 1190. The number of nitrogens with one attached hydrogen (secondary N) is 1. The molecule has 4 rings (SSSR count). The SMILES string of the molecule is CCn1ccc([C@@H](C)NC(=O)c2cc(C)nc3c2c(C)nn3Cc2ccccc2)n1. The molecule has 7 nitrogen and oxygen atoms in total. The van der Waals surface area contributed by atoms with Crippen molar-refractivity contribution in [2.45, 2.75) is 46.8 Å². The molecule has 4 aromatic rings. The van der Waals surface area contributed by atoms with Crippen LogP contribution in [-0.2, 0) is 13.1 Å². The van der Waals surface area contributed by atoms with Gasteiger partial charge in [-0.05, 0) is 45.4 Å². The van der Waals surface area contributed by atoms with Crippen LogP contribution < -0.4 is 5.32 Å². The van der Waals surface area contributed by atoms with Gasteiger partial charge in [0.05, 0.1) is 34.9 Å². The van der Waals surface area contributed by atoms with Crippen LogP contribution in [0.25, 0.3) is 11.0 Å². The Labute approximate surface area is 175 Å². The molecule has 0 fully saturated rings. The van der Waals surface area contributed by atoms with Gasteiger partial charge in [-0.1, -0.05) is 30.3 Å². The maximum atomic E-state index is 13.2. The van der Waals surface area contributed by atoms with Crippen LogP contribution in [0.1, 0.15) is 52.9 Å². The highest BCUT2D eigenvalue weighted by atomic mass is 16.1. The van der Waals surface area contributed by atoms with Crippen molar-refractivity contribution in [2.24, 2.45) is 0 Å². The van der Waals surface area contributed by atoms with E-state index in [0.717, 1.165) is 40.2 Å². The fourth-order valence-corrected chi connectivity index (χ4v) is 3.66. The first-order chi connectivity index (χ1) is 14.5. The van der Waals surface area contributed by atoms with Crippen molar-refractivity contribution in [3.8, 4) is 0 Å². The predicted octanol–water partition coefficient (Wildman–Crippen LogP) is 3.80. The van der Waals surface area contributed by atoms with Gasteiger partial charge in [-0.2, -0.15) is 10.2 Å². The third-order valence-corrected chi connectivity index (χ3v) is 5.20. The molecule has 0 saturated carbocycles. The smallest absolute Gasteiger partial charge is 0.252 e. The zero-order chi connectivity index (χ0) is 21.3. The Morgan fingerprint density at radius 2 is 1.90 bits per heavy atom. The molecule has 1 atom stereocenters. The Kier molecular flexibility index (Phi) is 5.35. The summed E-state index contributed by atoms with van der Waals surface area (Å²) in [6.07, 6.45) is 1.92. The summed E-state index contributed by atoms with van der Waals surface area (Å²) >= 11 is 0. The van der Waals surface area contributed by atoms with E-state index in [-0.39, 0.29) is 11.9 Å². The highest BCUT2D eigenvalue weighted by Crippen LogP contribution is 2.24. The summed E-state index contributed by atoms with van der Waals surface area (Å²) in [5.74, 6) is -0.147. The summed E-state index contributed by atoms with van der Waals surface area (Å²) in [7, 11) is 0. The van der Waals surface area contributed by atoms with E-state index in [2.05, 4.69) is 27.6 Å². The second kappa shape index (κ2) is 8.10. The third kappa shape index (κ3) is 3.83. The zero-order valence-electron chi connectivity index (χ0n) is 17.8. The third-order valence-electron chi connectivity index (χ3n) is 5.20. The maximum absolute atomic E-state index is 13.2. The average Bonchev–Trinajstić information content (AvgIpc) is 3.33. The van der Waals surface area contributed by atoms with Gasteiger partial charge in [0.1, 0.15) is 0 Å². The lowest BCUT2D eigenvalue weighted by Gasteiger charge is -2.13. The normalized spacial score (nSPS) is 12.3. The first kappa shape index (κ1) is 19.8. The highest BCUT2D eigenvalue weighted by molar-refractivity contribution is 6.06. The number of benzene rings is 1. The van der Waals surface area contributed by atoms with Crippen LogP contribution in [-0.4, -0.2) is 30.5 Å². The summed E-state index contributed by atoms with van der Waals surface area (Å²) in [4.78, 5) is 17.9. The van der Waals surface area contributed by atoms with Crippen LogP contribution in [0.15, 0.2) is 48.7 Å². The topological polar surface area (TPSA) is 77.6 Å². The fraction of sp³-hybridized carbons (Fsp3) is 0.304. The van der Waals surface area contributed by atoms with Crippen LogP contribution >= 0.6 is 0 Å². The maximum Gasteiger partial charge on any atom is 0.252 e. The number of aromatic nitrogens is 5. The number of pyridine rings is 1. The predicted molar refractivity (Wildman–Crippen MR) is 116 cm³/mol. The van der Waals surface area contributed by atoms with Crippen LogP contribution in [0.2, 0.25) is 0 Å². The van der Waals surface area contributed by atoms with Gasteiger partial charge in [0, 0.05) is 18.4 Å². The van der Waals surface area contributed by atoms with Crippen LogP contribution in [0.3, 0.4) is 0 Å². The first-order valence-electron chi connectivity index (χ1n) is 10.2. The number of aryl methyl sites for hydroxylation is 3. The van der Waals surface area contributed by atoms with E-state index in [1.54, 1.807) is 0 Å². The minimum absolute atomic E-state index is 0.147. The Hall–Kier alpha value is -3.48. The van der Waals surface area contributed by atoms with Crippen molar-refractivity contribution in [2.75, 3.05) is 0 Å². The molecule has 0 spiro atoms. The molecular weight excluding hydrogens is 376 g/mol. The molecule has 0 radical (unpaired) electrons. The van der Waals surface area contributed by atoms with Crippen molar-refractivity contribution < 1.29 is 4.79 Å². The number of carbonyl (C=O) groups is 1. The van der Waals surface area contributed by atoms with Gasteiger partial charge in [0.2, 0.25) is 0 Å². The summed E-state index contributed by atoms with van der Waals surface area (Å²) in [6, 6.07) is 13.7. The average molecular weight is 403 g/mol. The van der Waals surface area contributed by atoms with Gasteiger partial charge in [-0.25, -0.2) is 9.67 Å². The number of carbonyl (C=O) groups excluding carboxylic acids is 1. The summed E-state index contributed by atoms with van der Waals surface area (Å²) in [5.41, 5.74) is 4.87. The van der Waals surface area contributed by atoms with Crippen LogP contribution in [0.5, 0.6) is 0 Å². The molecule has 1 aromatic carbocycles. The molecule has 1 N–H and O–H groups in total. The second-order valence-electron chi connectivity index (χ2n) is 7.53. The van der Waals surface area contributed by atoms with Crippen molar-refractivity contribution in [1.82, 2.24) is 29.9 Å². The number of hydrogen-bond donors (Lipinski definition) is 1. The van der Waals surface area contributed by atoms with E-state index >= 15 is 0 Å². The molecule has 30 heavy (non-hydrogen) atoms. The lowest BCUT2D eigenvalue weighted by Crippen LogP contribution is -2.27. The molecule has 3 aromatic heterocycles. The molecule has 0 bridgehead atoms. The number of hydrogen-bond acceptors (Lipinski definition) is 4. The molecule has 0 unspecified atom stereocenters. The number of fused-ring (bicyclic) bond motifs is 1. The Balaban J connectivity index is 1.67. The summed E-state index contributed by atoms with van der Waals surface area (Å²) < 4.78 is 3.72. The molecule has 0 aliphatic heterocycles. The number of nitrogens with zero attached hydrogens (tertiary/aromatic N) is 5. The van der Waals surface area contributed by atoms with E-state index in [1.165, 1.54) is 0 Å². The first-order valence-corrected chi connectivity index (χ1v) is 10.2. The van der Waals surface area contributed by atoms with Gasteiger partial charge >= 0.3 is 0 Å². The number of amides is 1. The van der Waals surface area contributed by atoms with E-state index in [0.29, 0.717) is 12.1 Å². The zero-order valence-corrected chi connectivity index (χ0v) is 17.8. The van der Waals surface area contributed by atoms with E-state index in [9.17, 15) is 4.79 Å². The Morgan fingerprint density at radius 1 is 1.13 bits per heavy atom. The summed E-state index contributed by atoms with van der Waals surface area (Å²) in [5, 5.41) is 13.0. The summed E-state index contributed by atoms with van der Waals surface area (Å²) in [6.45, 7) is 9.20. The molecule has 0 aliphatic carbocycles. The van der Waals surface area contributed by atoms with E-state index in [4.69, 9.17) is 4.98 Å². The molecule has 1 amide bonds. The molecule has 0 aliphatic rings. The van der Waals surface area contributed by atoms with Crippen LogP contribution in [0.4, 0.5) is 0 Å². The lowest BCUT2D eigenvalue weighted by atomic mass is 10.1. The largest absolute Gasteiger partial charge is 0.344 e. The molecular formula is C23H26N6O. The van der Waals surface area contributed by atoms with E-state index < -0.39 is 0 Å². The molecule has 7 heteroatoms. The van der Waals surface area contributed by atoms with Crippen molar-refractivity contribution >= 4 is 16.9 Å². The molecule has 154 valence electrons. The Morgan fingerprint density at radius 3 is 2.60 bits per heavy atom. The lowest BCUT2D eigenvalue weighted by molar-refractivity contribution is 0.0940. The van der Waals surface area contributed by atoms with Gasteiger partial charge < -0.3 is 5.32 Å². The van der Waals surface area contributed by atoms with Crippen molar-refractivity contribution in [1.29, 1.82) is 0 Å². The van der Waals surface area contributed by atoms with Gasteiger partial charge in [-0.15, -0.1) is 0 Å². The quantitative estimate of drug-likeness (QED) is 0.532. The monoisotopic (exact) mass is 402 g/mol. The molecule has 0 saturated heterocycles. The van der Waals surface area contributed by atoms with Gasteiger partial charge in [0.25, 0.3) is 5.91 Å². The van der Waals surface area contributed by atoms with Crippen molar-refractivity contribution in [3.05, 3.63) is 76.9 Å². The fourth-order valence-electron chi connectivity index (χ4n) is 3.66. The number of rotatable bonds is 6. The minimum atomic E-state index is -0.200. The van der Waals surface area contributed by atoms with Gasteiger partial charge in [0.15, 0.2) is 5.65 Å². The van der Waals surface area contributed by atoms with E-state index in [1.807, 2.05) is 73.6 Å². The standard InChI is InChI=1S/C23H26N6O/c1-5-28-12-11-20(27-28)16(3)25-23(30)19-13-15(2)24-22-21(19)17(4)26-29(22)14-18-9-7-6-8-10-18/h6-13,16H,5,14H2,1-4H3,(H,25,30)/t16-/m1/s1. The highest BCUT2D eigenvalue weighted by Gasteiger charge is 2.21. The van der Waals surface area contributed by atoms with Crippen molar-refractivity contribution in [3.63, 3.8) is 0 Å². The van der Waals surface area contributed by atoms with Gasteiger partial charge in [-0.3, -0.25) is 9.48 Å². The minimum Gasteiger partial charge on any atom is -0.344 e.